The van der Waals surface area contributed by atoms with Gasteiger partial charge in [-0.25, -0.2) is 0 Å². The summed E-state index contributed by atoms with van der Waals surface area (Å²) in [5, 5.41) is 0. The van der Waals surface area contributed by atoms with Gasteiger partial charge in [-0.1, -0.05) is 0 Å². The molecule has 32 heavy (non-hydrogen) atoms. The van der Waals surface area contributed by atoms with E-state index in [-0.39, 0.29) is 22.5 Å². The first kappa shape index (κ1) is 29.8. The lowest BCUT2D eigenvalue weighted by Crippen LogP contribution is -2.08. The molecule has 2 aromatic carbocycles. The third-order valence-electron chi connectivity index (χ3n) is 3.58. The minimum atomic E-state index is -4.69. The van der Waals surface area contributed by atoms with Crippen LogP contribution in [0.15, 0.2) is 34.1 Å². The highest BCUT2D eigenvalue weighted by atomic mass is 32.2. The molecule has 0 unspecified atom stereocenters. The van der Waals surface area contributed by atoms with Crippen LogP contribution in [0.2, 0.25) is 0 Å². The lowest BCUT2D eigenvalue weighted by atomic mass is 10.00. The van der Waals surface area contributed by atoms with Gasteiger partial charge in [-0.2, -0.15) is 16.8 Å². The second-order valence-electron chi connectivity index (χ2n) is 8.04. The molecule has 182 valence electrons. The van der Waals surface area contributed by atoms with Crippen LogP contribution in [0.3, 0.4) is 0 Å². The molecule has 0 radical (unpaired) electrons. The van der Waals surface area contributed by atoms with Crippen LogP contribution < -0.4 is 11.5 Å². The fourth-order valence-corrected chi connectivity index (χ4v) is 3.70. The first-order chi connectivity index (χ1) is 14.3. The molecule has 0 fully saturated rings. The topological polar surface area (TPSA) is 167 Å². The summed E-state index contributed by atoms with van der Waals surface area (Å²) in [7, 11) is 2.61. The molecule has 2 aromatic rings. The summed E-state index contributed by atoms with van der Waals surface area (Å²) in [5.74, 6) is 0. The van der Waals surface area contributed by atoms with E-state index in [0.29, 0.717) is 11.1 Å². The molecule has 0 aliphatic carbocycles. The summed E-state index contributed by atoms with van der Waals surface area (Å²) >= 11 is 0. The largest absolute Gasteiger partial charge is 0.398 e. The second-order valence-corrected chi connectivity index (χ2v) is 10.8. The maximum Gasteiger partial charge on any atom is 0.295 e. The number of hydrogen-bond donors (Lipinski definition) is 4. The van der Waals surface area contributed by atoms with E-state index in [2.05, 4.69) is 0 Å². The van der Waals surface area contributed by atoms with Crippen LogP contribution in [-0.4, -0.2) is 78.0 Å². The molecule has 0 heterocycles. The van der Waals surface area contributed by atoms with E-state index in [9.17, 15) is 25.9 Å². The molecule has 0 aliphatic rings. The number of benzene rings is 2. The highest BCUT2D eigenvalue weighted by molar-refractivity contribution is 7.86. The summed E-state index contributed by atoms with van der Waals surface area (Å²) in [4.78, 5) is 2.86. The number of rotatable bonds is 3. The monoisotopic (exact) mass is 490 g/mol. The molecule has 0 aromatic heterocycles. The van der Waals surface area contributed by atoms with Crippen LogP contribution in [0.4, 0.5) is 11.4 Å². The Bertz CT molecular complexity index is 1050. The number of nitrogen functional groups attached to an aromatic ring is 2. The van der Waals surface area contributed by atoms with Gasteiger partial charge < -0.3 is 21.3 Å². The van der Waals surface area contributed by atoms with Crippen molar-refractivity contribution in [3.63, 3.8) is 0 Å². The maximum atomic E-state index is 11.7. The fourth-order valence-electron chi connectivity index (χ4n) is 2.26. The zero-order valence-electron chi connectivity index (χ0n) is 19.7. The zero-order chi connectivity index (χ0) is 25.6. The SMILES string of the molecule is CN(C)C.CN(C)C.Cc1cc(-c2cc(C)c(N)cc2S(=O)(=O)O)c(S(=O)(=O)O)cc1N. The average Bonchev–Trinajstić information content (AvgIpc) is 2.56. The molecule has 10 nitrogen and oxygen atoms in total. The normalized spacial score (nSPS) is 11.5. The number of aryl methyl sites for hydroxylation is 2. The van der Waals surface area contributed by atoms with E-state index in [1.807, 2.05) is 52.1 Å². The third-order valence-corrected chi connectivity index (χ3v) is 5.37. The van der Waals surface area contributed by atoms with Crippen LogP contribution in [0.5, 0.6) is 0 Å². The Kier molecular flexibility index (Phi) is 10.8. The van der Waals surface area contributed by atoms with Crippen LogP contribution in [0, 0.1) is 13.8 Å². The van der Waals surface area contributed by atoms with Crippen molar-refractivity contribution in [2.75, 3.05) is 53.8 Å². The Balaban J connectivity index is 0.00000104. The number of anilines is 2. The molecule has 0 amide bonds. The summed E-state index contributed by atoms with van der Waals surface area (Å²) in [5.41, 5.74) is 12.3. The summed E-state index contributed by atoms with van der Waals surface area (Å²) in [6.45, 7) is 3.17. The molecule has 0 aliphatic heterocycles. The van der Waals surface area contributed by atoms with E-state index in [0.717, 1.165) is 12.1 Å². The maximum absolute atomic E-state index is 11.7. The molecule has 2 rings (SSSR count). The van der Waals surface area contributed by atoms with Gasteiger partial charge in [0, 0.05) is 22.5 Å². The molecule has 6 N–H and O–H groups in total. The van der Waals surface area contributed by atoms with Gasteiger partial charge in [0.2, 0.25) is 0 Å². The van der Waals surface area contributed by atoms with Crippen molar-refractivity contribution in [3.05, 3.63) is 35.4 Å². The Morgan fingerprint density at radius 3 is 1.03 bits per heavy atom. The van der Waals surface area contributed by atoms with Gasteiger partial charge in [-0.3, -0.25) is 9.11 Å². The predicted molar refractivity (Wildman–Crippen MR) is 129 cm³/mol. The highest BCUT2D eigenvalue weighted by Gasteiger charge is 2.25. The lowest BCUT2D eigenvalue weighted by Gasteiger charge is -2.15. The molecule has 0 bridgehead atoms. The van der Waals surface area contributed by atoms with Gasteiger partial charge in [-0.15, -0.1) is 0 Å². The Labute approximate surface area is 191 Å². The van der Waals surface area contributed by atoms with Gasteiger partial charge in [0.25, 0.3) is 20.2 Å². The zero-order valence-corrected chi connectivity index (χ0v) is 21.3. The van der Waals surface area contributed by atoms with Gasteiger partial charge in [0.05, 0.1) is 0 Å². The van der Waals surface area contributed by atoms with Crippen LogP contribution in [-0.2, 0) is 20.2 Å². The van der Waals surface area contributed by atoms with Crippen molar-refractivity contribution < 1.29 is 25.9 Å². The minimum Gasteiger partial charge on any atom is -0.398 e. The van der Waals surface area contributed by atoms with Crippen LogP contribution >= 0.6 is 0 Å². The summed E-state index contributed by atoms with van der Waals surface area (Å²) in [6.07, 6.45) is 0. The number of hydrogen-bond acceptors (Lipinski definition) is 8. The van der Waals surface area contributed by atoms with Gasteiger partial charge >= 0.3 is 0 Å². The predicted octanol–water partition coefficient (Wildman–Crippen LogP) is 1.98. The molecule has 12 heteroatoms. The quantitative estimate of drug-likeness (QED) is 0.369. The molecule has 0 saturated carbocycles. The van der Waals surface area contributed by atoms with Crippen molar-refractivity contribution >= 4 is 31.6 Å². The number of nitrogens with zero attached hydrogens (tertiary/aromatic N) is 2. The third kappa shape index (κ3) is 9.51. The Morgan fingerprint density at radius 2 is 0.844 bits per heavy atom. The smallest absolute Gasteiger partial charge is 0.295 e. The van der Waals surface area contributed by atoms with Crippen molar-refractivity contribution in [2.45, 2.75) is 23.6 Å². The van der Waals surface area contributed by atoms with E-state index in [4.69, 9.17) is 11.5 Å². The second kappa shape index (κ2) is 11.6. The van der Waals surface area contributed by atoms with E-state index < -0.39 is 30.0 Å². The first-order valence-electron chi connectivity index (χ1n) is 9.26. The molecule has 0 spiro atoms. The lowest BCUT2D eigenvalue weighted by molar-refractivity contribution is 0.480. The molecular weight excluding hydrogens is 456 g/mol. The first-order valence-corrected chi connectivity index (χ1v) is 12.1. The van der Waals surface area contributed by atoms with Crippen LogP contribution in [0.1, 0.15) is 11.1 Å². The van der Waals surface area contributed by atoms with Crippen molar-refractivity contribution in [1.82, 2.24) is 9.80 Å². The van der Waals surface area contributed by atoms with Crippen molar-refractivity contribution in [2.24, 2.45) is 0 Å². The van der Waals surface area contributed by atoms with E-state index in [1.54, 1.807) is 13.8 Å². The standard InChI is InChI=1S/C14H16N2O6S2.2C3H9N/c1-7-3-9(13(5-11(7)15)23(17,18)19)10-4-8(2)12(16)6-14(10)24(20,21)22;2*1-4(2)3/h3-6H,15-16H2,1-2H3,(H,17,18,19)(H,20,21,22);2*1-3H3. The highest BCUT2D eigenvalue weighted by Crippen LogP contribution is 2.37. The van der Waals surface area contributed by atoms with Gasteiger partial charge in [0.1, 0.15) is 9.79 Å². The Hall–Kier alpha value is -2.22. The van der Waals surface area contributed by atoms with E-state index in [1.165, 1.54) is 12.1 Å². The van der Waals surface area contributed by atoms with Crippen LogP contribution in [0.25, 0.3) is 11.1 Å². The summed E-state index contributed by atoms with van der Waals surface area (Å²) < 4.78 is 65.6. The van der Waals surface area contributed by atoms with Gasteiger partial charge in [0.15, 0.2) is 0 Å². The average molecular weight is 491 g/mol. The number of nitrogens with two attached hydrogens (primary N) is 2. The van der Waals surface area contributed by atoms with E-state index >= 15 is 0 Å². The summed E-state index contributed by atoms with van der Waals surface area (Å²) in [6, 6.07) is 4.69. The minimum absolute atomic E-state index is 0.104. The van der Waals surface area contributed by atoms with Crippen molar-refractivity contribution in [1.29, 1.82) is 0 Å². The van der Waals surface area contributed by atoms with Crippen molar-refractivity contribution in [3.8, 4) is 11.1 Å². The molecule has 0 saturated heterocycles. The Morgan fingerprint density at radius 1 is 0.625 bits per heavy atom. The molecular formula is C20H34N4O6S2. The fraction of sp³-hybridized carbons (Fsp3) is 0.400. The van der Waals surface area contributed by atoms with Gasteiger partial charge in [-0.05, 0) is 91.5 Å². The molecule has 0 atom stereocenters.